The van der Waals surface area contributed by atoms with E-state index < -0.39 is 37.3 Å². The quantitative estimate of drug-likeness (QED) is 0.175. The van der Waals surface area contributed by atoms with Gasteiger partial charge in [0.15, 0.2) is 6.29 Å². The van der Waals surface area contributed by atoms with Crippen LogP contribution in [0.5, 0.6) is 0 Å². The highest BCUT2D eigenvalue weighted by atomic mass is 16.7. The number of hydrogen-bond acceptors (Lipinski definition) is 8. The Morgan fingerprint density at radius 3 is 2.57 bits per heavy atom. The molecule has 0 aromatic heterocycles. The third kappa shape index (κ3) is 5.38. The van der Waals surface area contributed by atoms with Gasteiger partial charge in [-0.15, -0.1) is 0 Å². The first-order valence-corrected chi connectivity index (χ1v) is 6.54. The SMILES string of the molecule is [N-]=[N+]=NCCOCCO[C@H]1OC(CO)(CO)CC(O)C1O. The van der Waals surface area contributed by atoms with E-state index in [0.29, 0.717) is 0 Å². The molecule has 0 spiro atoms. The molecule has 2 unspecified atom stereocenters. The van der Waals surface area contributed by atoms with Crippen LogP contribution in [0.4, 0.5) is 0 Å². The smallest absolute Gasteiger partial charge is 0.186 e. The van der Waals surface area contributed by atoms with E-state index >= 15 is 0 Å². The molecule has 1 fully saturated rings. The van der Waals surface area contributed by atoms with Crippen LogP contribution in [0.25, 0.3) is 10.4 Å². The maximum atomic E-state index is 9.77. The highest BCUT2D eigenvalue weighted by molar-refractivity contribution is 4.91. The first-order chi connectivity index (χ1) is 10.1. The number of aliphatic hydroxyl groups excluding tert-OH is 4. The minimum Gasteiger partial charge on any atom is -0.393 e. The standard InChI is InChI=1S/C11H21N3O7/c12-14-13-1-2-19-3-4-20-10-9(18)8(17)5-11(6-15,7-16)21-10/h8-10,15-18H,1-7H2/t8?,9?,10-/m0/s1. The summed E-state index contributed by atoms with van der Waals surface area (Å²) in [6.07, 6.45) is -3.72. The summed E-state index contributed by atoms with van der Waals surface area (Å²) in [4.78, 5) is 2.57. The summed E-state index contributed by atoms with van der Waals surface area (Å²) in [7, 11) is 0. The fraction of sp³-hybridized carbons (Fsp3) is 1.00. The lowest BCUT2D eigenvalue weighted by atomic mass is 9.91. The van der Waals surface area contributed by atoms with Crippen LogP contribution in [-0.2, 0) is 14.2 Å². The van der Waals surface area contributed by atoms with Gasteiger partial charge in [-0.05, 0) is 5.53 Å². The van der Waals surface area contributed by atoms with Crippen LogP contribution in [0, 0.1) is 0 Å². The zero-order valence-corrected chi connectivity index (χ0v) is 11.5. The van der Waals surface area contributed by atoms with Crippen molar-refractivity contribution in [3.63, 3.8) is 0 Å². The topological polar surface area (TPSA) is 157 Å². The molecule has 0 amide bonds. The Balaban J connectivity index is 2.36. The Bertz CT molecular complexity index is 347. The summed E-state index contributed by atoms with van der Waals surface area (Å²) in [5.41, 5.74) is 6.72. The van der Waals surface area contributed by atoms with Gasteiger partial charge in [0.25, 0.3) is 0 Å². The summed E-state index contributed by atoms with van der Waals surface area (Å²) in [5.74, 6) is 0. The van der Waals surface area contributed by atoms with Crippen LogP contribution < -0.4 is 0 Å². The number of nitrogens with zero attached hydrogens (tertiary/aromatic N) is 3. The lowest BCUT2D eigenvalue weighted by Crippen LogP contribution is -2.58. The summed E-state index contributed by atoms with van der Waals surface area (Å²) in [5, 5.41) is 41.3. The third-order valence-corrected chi connectivity index (χ3v) is 3.11. The second kappa shape index (κ2) is 9.13. The van der Waals surface area contributed by atoms with Gasteiger partial charge in [-0.3, -0.25) is 0 Å². The number of hydrogen-bond donors (Lipinski definition) is 4. The minimum absolute atomic E-state index is 0.0671. The molecule has 1 heterocycles. The molecule has 21 heavy (non-hydrogen) atoms. The van der Waals surface area contributed by atoms with Crippen LogP contribution in [-0.4, -0.2) is 84.1 Å². The van der Waals surface area contributed by atoms with E-state index in [2.05, 4.69) is 10.0 Å². The predicted molar refractivity (Wildman–Crippen MR) is 69.2 cm³/mol. The average Bonchev–Trinajstić information content (AvgIpc) is 2.50. The monoisotopic (exact) mass is 307 g/mol. The Morgan fingerprint density at radius 2 is 1.95 bits per heavy atom. The Kier molecular flexibility index (Phi) is 7.86. The fourth-order valence-corrected chi connectivity index (χ4v) is 1.91. The van der Waals surface area contributed by atoms with E-state index in [9.17, 15) is 20.4 Å². The first kappa shape index (κ1) is 18.1. The molecule has 3 atom stereocenters. The molecule has 122 valence electrons. The summed E-state index contributed by atoms with van der Waals surface area (Å²) < 4.78 is 15.7. The third-order valence-electron chi connectivity index (χ3n) is 3.11. The maximum absolute atomic E-state index is 9.77. The van der Waals surface area contributed by atoms with Gasteiger partial charge in [0.05, 0.1) is 39.1 Å². The molecule has 1 aliphatic heterocycles. The molecule has 4 N–H and O–H groups in total. The van der Waals surface area contributed by atoms with Gasteiger partial charge in [-0.1, -0.05) is 5.11 Å². The van der Waals surface area contributed by atoms with E-state index in [1.807, 2.05) is 0 Å². The molecular formula is C11H21N3O7. The second-order valence-corrected chi connectivity index (χ2v) is 4.69. The normalized spacial score (nSPS) is 28.1. The van der Waals surface area contributed by atoms with E-state index in [0.717, 1.165) is 0 Å². The van der Waals surface area contributed by atoms with Crippen LogP contribution in [0.1, 0.15) is 6.42 Å². The molecule has 0 radical (unpaired) electrons. The molecule has 0 aromatic rings. The molecule has 1 rings (SSSR count). The molecule has 0 aromatic carbocycles. The lowest BCUT2D eigenvalue weighted by Gasteiger charge is -2.43. The Hall–Kier alpha value is -0.970. The largest absolute Gasteiger partial charge is 0.393 e. The molecule has 0 saturated carbocycles. The fourth-order valence-electron chi connectivity index (χ4n) is 1.91. The van der Waals surface area contributed by atoms with Gasteiger partial charge in [0.1, 0.15) is 11.7 Å². The van der Waals surface area contributed by atoms with Gasteiger partial charge in [-0.25, -0.2) is 0 Å². The molecule has 10 heteroatoms. The minimum atomic E-state index is -1.34. The number of rotatable bonds is 9. The summed E-state index contributed by atoms with van der Waals surface area (Å²) in [6, 6.07) is 0. The van der Waals surface area contributed by atoms with Crippen molar-refractivity contribution in [2.24, 2.45) is 5.11 Å². The van der Waals surface area contributed by atoms with E-state index in [-0.39, 0.29) is 32.8 Å². The predicted octanol–water partition coefficient (Wildman–Crippen LogP) is -1.48. The van der Waals surface area contributed by atoms with E-state index in [4.69, 9.17) is 19.7 Å². The highest BCUT2D eigenvalue weighted by Gasteiger charge is 2.46. The van der Waals surface area contributed by atoms with Crippen molar-refractivity contribution in [1.29, 1.82) is 0 Å². The van der Waals surface area contributed by atoms with Crippen LogP contribution in [0.3, 0.4) is 0 Å². The molecule has 1 saturated heterocycles. The van der Waals surface area contributed by atoms with Crippen molar-refractivity contribution in [3.8, 4) is 0 Å². The Morgan fingerprint density at radius 1 is 1.24 bits per heavy atom. The number of ether oxygens (including phenoxy) is 3. The van der Waals surface area contributed by atoms with Crippen molar-refractivity contribution >= 4 is 0 Å². The van der Waals surface area contributed by atoms with Crippen molar-refractivity contribution < 1.29 is 34.6 Å². The molecule has 10 nitrogen and oxygen atoms in total. The number of aliphatic hydroxyl groups is 4. The molecule has 0 aliphatic carbocycles. The molecular weight excluding hydrogens is 286 g/mol. The van der Waals surface area contributed by atoms with Crippen LogP contribution >= 0.6 is 0 Å². The van der Waals surface area contributed by atoms with Crippen molar-refractivity contribution in [3.05, 3.63) is 10.4 Å². The van der Waals surface area contributed by atoms with Crippen molar-refractivity contribution in [2.45, 2.75) is 30.5 Å². The van der Waals surface area contributed by atoms with Crippen molar-refractivity contribution in [2.75, 3.05) is 39.6 Å². The zero-order chi connectivity index (χ0) is 15.7. The van der Waals surface area contributed by atoms with Crippen LogP contribution in [0.2, 0.25) is 0 Å². The lowest BCUT2D eigenvalue weighted by molar-refractivity contribution is -0.313. The summed E-state index contributed by atoms with van der Waals surface area (Å²) in [6.45, 7) is -0.324. The Labute approximate surface area is 121 Å². The first-order valence-electron chi connectivity index (χ1n) is 6.54. The van der Waals surface area contributed by atoms with Gasteiger partial charge in [0.2, 0.25) is 0 Å². The highest BCUT2D eigenvalue weighted by Crippen LogP contribution is 2.29. The van der Waals surface area contributed by atoms with Crippen LogP contribution in [0.15, 0.2) is 5.11 Å². The van der Waals surface area contributed by atoms with Gasteiger partial charge < -0.3 is 34.6 Å². The zero-order valence-electron chi connectivity index (χ0n) is 11.5. The van der Waals surface area contributed by atoms with Gasteiger partial charge in [0, 0.05) is 17.9 Å². The second-order valence-electron chi connectivity index (χ2n) is 4.69. The van der Waals surface area contributed by atoms with E-state index in [1.54, 1.807) is 0 Å². The number of azide groups is 1. The molecule has 1 aliphatic rings. The van der Waals surface area contributed by atoms with Gasteiger partial charge >= 0.3 is 0 Å². The molecule has 0 bridgehead atoms. The summed E-state index contributed by atoms with van der Waals surface area (Å²) >= 11 is 0. The average molecular weight is 307 g/mol. The van der Waals surface area contributed by atoms with Crippen molar-refractivity contribution in [1.82, 2.24) is 0 Å². The maximum Gasteiger partial charge on any atom is 0.186 e. The van der Waals surface area contributed by atoms with Gasteiger partial charge in [-0.2, -0.15) is 0 Å². The van der Waals surface area contributed by atoms with E-state index in [1.165, 1.54) is 0 Å².